The second-order valence-electron chi connectivity index (χ2n) is 4.39. The smallest absolute Gasteiger partial charge is 0.229 e. The topological polar surface area (TPSA) is 30.7 Å². The molecule has 0 radical (unpaired) electrons. The number of benzene rings is 1. The second-order valence-corrected chi connectivity index (χ2v) is 5.58. The standard InChI is InChI=1S/C12H11BrClN3/c1-7-2-5-10(9(13)6-7)17-11(8-3-4-8)15-16-12(17)14/h2,5-6,8H,3-4H2,1H3. The number of nitrogens with zero attached hydrogens (tertiary/aromatic N) is 3. The SMILES string of the molecule is Cc1ccc(-n2c(Cl)nnc2C2CC2)c(Br)c1. The Labute approximate surface area is 113 Å². The summed E-state index contributed by atoms with van der Waals surface area (Å²) in [6.07, 6.45) is 2.36. The Balaban J connectivity index is 2.16. The Bertz CT molecular complexity index is 575. The van der Waals surface area contributed by atoms with Crippen molar-refractivity contribution in [2.24, 2.45) is 0 Å². The summed E-state index contributed by atoms with van der Waals surface area (Å²) in [6.45, 7) is 2.06. The minimum absolute atomic E-state index is 0.427. The fourth-order valence-corrected chi connectivity index (χ4v) is 2.78. The molecule has 1 aliphatic carbocycles. The Morgan fingerprint density at radius 1 is 1.35 bits per heavy atom. The third-order valence-corrected chi connectivity index (χ3v) is 3.81. The summed E-state index contributed by atoms with van der Waals surface area (Å²) in [5.74, 6) is 1.49. The minimum Gasteiger partial charge on any atom is -0.268 e. The van der Waals surface area contributed by atoms with E-state index in [4.69, 9.17) is 11.6 Å². The first-order valence-corrected chi connectivity index (χ1v) is 6.71. The van der Waals surface area contributed by atoms with Gasteiger partial charge in [0.1, 0.15) is 5.82 Å². The molecule has 2 aromatic rings. The van der Waals surface area contributed by atoms with Crippen molar-refractivity contribution in [3.05, 3.63) is 39.3 Å². The van der Waals surface area contributed by atoms with Gasteiger partial charge in [0.2, 0.25) is 5.28 Å². The lowest BCUT2D eigenvalue weighted by molar-refractivity contribution is 0.869. The molecule has 1 heterocycles. The van der Waals surface area contributed by atoms with Crippen LogP contribution in [0.5, 0.6) is 0 Å². The fourth-order valence-electron chi connectivity index (χ4n) is 1.90. The van der Waals surface area contributed by atoms with Crippen molar-refractivity contribution in [3.63, 3.8) is 0 Å². The molecule has 1 aliphatic rings. The molecule has 0 N–H and O–H groups in total. The zero-order chi connectivity index (χ0) is 12.0. The molecule has 1 fully saturated rings. The summed E-state index contributed by atoms with van der Waals surface area (Å²) in [6, 6.07) is 6.18. The second kappa shape index (κ2) is 4.10. The van der Waals surface area contributed by atoms with Crippen LogP contribution in [-0.4, -0.2) is 14.8 Å². The van der Waals surface area contributed by atoms with E-state index in [1.165, 1.54) is 18.4 Å². The summed E-state index contributed by atoms with van der Waals surface area (Å²) in [5.41, 5.74) is 2.21. The lowest BCUT2D eigenvalue weighted by Crippen LogP contribution is -2.01. The van der Waals surface area contributed by atoms with Crippen LogP contribution in [-0.2, 0) is 0 Å². The van der Waals surface area contributed by atoms with Crippen LogP contribution in [0.3, 0.4) is 0 Å². The van der Waals surface area contributed by atoms with Crippen LogP contribution in [0, 0.1) is 6.92 Å². The average molecular weight is 313 g/mol. The number of rotatable bonds is 2. The van der Waals surface area contributed by atoms with Gasteiger partial charge in [0.05, 0.1) is 5.69 Å². The highest BCUT2D eigenvalue weighted by molar-refractivity contribution is 9.10. The van der Waals surface area contributed by atoms with Crippen LogP contribution in [0.25, 0.3) is 5.69 Å². The Kier molecular flexibility index (Phi) is 2.71. The van der Waals surface area contributed by atoms with Crippen molar-refractivity contribution < 1.29 is 0 Å². The van der Waals surface area contributed by atoms with E-state index in [1.807, 2.05) is 10.6 Å². The number of aromatic nitrogens is 3. The van der Waals surface area contributed by atoms with Crippen LogP contribution in [0.2, 0.25) is 5.28 Å². The molecule has 0 atom stereocenters. The van der Waals surface area contributed by atoms with E-state index in [0.717, 1.165) is 16.0 Å². The molecule has 17 heavy (non-hydrogen) atoms. The first-order valence-electron chi connectivity index (χ1n) is 5.54. The summed E-state index contributed by atoms with van der Waals surface area (Å²) in [4.78, 5) is 0. The maximum absolute atomic E-state index is 6.13. The van der Waals surface area contributed by atoms with Crippen molar-refractivity contribution in [2.75, 3.05) is 0 Å². The highest BCUT2D eigenvalue weighted by atomic mass is 79.9. The van der Waals surface area contributed by atoms with Gasteiger partial charge in [-0.05, 0) is 65.0 Å². The monoisotopic (exact) mass is 311 g/mol. The van der Waals surface area contributed by atoms with E-state index in [2.05, 4.69) is 45.2 Å². The van der Waals surface area contributed by atoms with E-state index in [-0.39, 0.29) is 0 Å². The van der Waals surface area contributed by atoms with Gasteiger partial charge in [-0.1, -0.05) is 6.07 Å². The normalized spacial score (nSPS) is 15.2. The molecule has 0 amide bonds. The molecule has 0 aliphatic heterocycles. The highest BCUT2D eigenvalue weighted by Crippen LogP contribution is 2.41. The van der Waals surface area contributed by atoms with Gasteiger partial charge in [0.15, 0.2) is 0 Å². The number of hydrogen-bond donors (Lipinski definition) is 0. The van der Waals surface area contributed by atoms with Gasteiger partial charge in [-0.2, -0.15) is 0 Å². The molecular formula is C12H11BrClN3. The summed E-state index contributed by atoms with van der Waals surface area (Å²) in [5, 5.41) is 8.58. The van der Waals surface area contributed by atoms with E-state index in [0.29, 0.717) is 11.2 Å². The average Bonchev–Trinajstić information content (AvgIpc) is 3.04. The molecule has 88 valence electrons. The summed E-state index contributed by atoms with van der Waals surface area (Å²) in [7, 11) is 0. The number of hydrogen-bond acceptors (Lipinski definition) is 2. The van der Waals surface area contributed by atoms with Crippen LogP contribution in [0.4, 0.5) is 0 Å². The van der Waals surface area contributed by atoms with Gasteiger partial charge in [-0.25, -0.2) is 0 Å². The zero-order valence-electron chi connectivity index (χ0n) is 9.32. The van der Waals surface area contributed by atoms with Crippen molar-refractivity contribution in [1.29, 1.82) is 0 Å². The number of aryl methyl sites for hydroxylation is 1. The Hall–Kier alpha value is -0.870. The van der Waals surface area contributed by atoms with Crippen LogP contribution in [0.1, 0.15) is 30.1 Å². The van der Waals surface area contributed by atoms with E-state index < -0.39 is 0 Å². The zero-order valence-corrected chi connectivity index (χ0v) is 11.7. The van der Waals surface area contributed by atoms with Crippen molar-refractivity contribution in [1.82, 2.24) is 14.8 Å². The van der Waals surface area contributed by atoms with Gasteiger partial charge >= 0.3 is 0 Å². The molecule has 1 saturated carbocycles. The molecule has 3 nitrogen and oxygen atoms in total. The predicted molar refractivity (Wildman–Crippen MR) is 70.8 cm³/mol. The fraction of sp³-hybridized carbons (Fsp3) is 0.333. The van der Waals surface area contributed by atoms with E-state index in [1.54, 1.807) is 0 Å². The van der Waals surface area contributed by atoms with Crippen molar-refractivity contribution in [2.45, 2.75) is 25.7 Å². The lowest BCUT2D eigenvalue weighted by atomic mass is 10.2. The lowest BCUT2D eigenvalue weighted by Gasteiger charge is -2.10. The molecule has 0 bridgehead atoms. The highest BCUT2D eigenvalue weighted by Gasteiger charge is 2.31. The van der Waals surface area contributed by atoms with Crippen LogP contribution >= 0.6 is 27.5 Å². The summed E-state index contributed by atoms with van der Waals surface area (Å²) >= 11 is 9.70. The Morgan fingerprint density at radius 3 is 2.76 bits per heavy atom. The van der Waals surface area contributed by atoms with Crippen molar-refractivity contribution in [3.8, 4) is 5.69 Å². The molecule has 0 unspecified atom stereocenters. The maximum atomic E-state index is 6.13. The number of halogens is 2. The van der Waals surface area contributed by atoms with E-state index >= 15 is 0 Å². The predicted octanol–water partition coefficient (Wildman–Crippen LogP) is 3.87. The van der Waals surface area contributed by atoms with Gasteiger partial charge in [-0.3, -0.25) is 4.57 Å². The van der Waals surface area contributed by atoms with Crippen molar-refractivity contribution >= 4 is 27.5 Å². The largest absolute Gasteiger partial charge is 0.268 e. The van der Waals surface area contributed by atoms with Crippen LogP contribution in [0.15, 0.2) is 22.7 Å². The van der Waals surface area contributed by atoms with Gasteiger partial charge in [0, 0.05) is 10.4 Å². The molecule has 0 saturated heterocycles. The van der Waals surface area contributed by atoms with Gasteiger partial charge in [0.25, 0.3) is 0 Å². The quantitative estimate of drug-likeness (QED) is 0.843. The molecule has 3 rings (SSSR count). The molecule has 1 aromatic carbocycles. The first-order chi connectivity index (χ1) is 8.16. The molecular weight excluding hydrogens is 302 g/mol. The van der Waals surface area contributed by atoms with E-state index in [9.17, 15) is 0 Å². The summed E-state index contributed by atoms with van der Waals surface area (Å²) < 4.78 is 2.95. The van der Waals surface area contributed by atoms with Gasteiger partial charge in [-0.15, -0.1) is 10.2 Å². The van der Waals surface area contributed by atoms with Gasteiger partial charge < -0.3 is 0 Å². The van der Waals surface area contributed by atoms with Crippen LogP contribution < -0.4 is 0 Å². The molecule has 0 spiro atoms. The third kappa shape index (κ3) is 2.00. The third-order valence-electron chi connectivity index (χ3n) is 2.94. The minimum atomic E-state index is 0.427. The first kappa shape index (κ1) is 11.2. The Morgan fingerprint density at radius 2 is 2.12 bits per heavy atom. The maximum Gasteiger partial charge on any atom is 0.229 e. The molecule has 5 heteroatoms. The molecule has 1 aromatic heterocycles.